The fourth-order valence-electron chi connectivity index (χ4n) is 2.75. The van der Waals surface area contributed by atoms with Gasteiger partial charge in [0.25, 0.3) is 0 Å². The Balaban J connectivity index is 1.48. The number of fused-ring (bicyclic) bond motifs is 1. The largest absolute Gasteiger partial charge is 0.494 e. The fraction of sp³-hybridized carbons (Fsp3) is 0.200. The molecule has 1 aromatic heterocycles. The Labute approximate surface area is 151 Å². The van der Waals surface area contributed by atoms with E-state index in [2.05, 4.69) is 15.3 Å². The third kappa shape index (κ3) is 3.54. The van der Waals surface area contributed by atoms with Gasteiger partial charge in [0.2, 0.25) is 6.79 Å². The van der Waals surface area contributed by atoms with Crippen LogP contribution >= 0.6 is 0 Å². The van der Waals surface area contributed by atoms with Gasteiger partial charge in [-0.15, -0.1) is 0 Å². The Morgan fingerprint density at radius 1 is 1.08 bits per heavy atom. The summed E-state index contributed by atoms with van der Waals surface area (Å²) in [6.45, 7) is 3.49. The van der Waals surface area contributed by atoms with Crippen molar-refractivity contribution in [2.45, 2.75) is 13.5 Å². The van der Waals surface area contributed by atoms with Crippen molar-refractivity contribution < 1.29 is 14.2 Å². The number of nitrogens with one attached hydrogen (secondary N) is 1. The van der Waals surface area contributed by atoms with Crippen LogP contribution in [0.4, 0.5) is 5.82 Å². The number of ether oxygens (including phenoxy) is 3. The maximum atomic E-state index is 5.55. The summed E-state index contributed by atoms with van der Waals surface area (Å²) >= 11 is 0. The van der Waals surface area contributed by atoms with E-state index in [4.69, 9.17) is 14.2 Å². The van der Waals surface area contributed by atoms with Crippen molar-refractivity contribution in [2.75, 3.05) is 18.7 Å². The zero-order valence-corrected chi connectivity index (χ0v) is 14.4. The molecule has 132 valence electrons. The molecule has 0 unspecified atom stereocenters. The molecule has 0 bridgehead atoms. The van der Waals surface area contributed by atoms with Crippen LogP contribution in [0.1, 0.15) is 12.5 Å². The molecule has 2 aromatic carbocycles. The van der Waals surface area contributed by atoms with Crippen molar-refractivity contribution in [1.29, 1.82) is 0 Å². The number of benzene rings is 2. The Morgan fingerprint density at radius 3 is 2.92 bits per heavy atom. The zero-order valence-electron chi connectivity index (χ0n) is 14.4. The molecule has 0 atom stereocenters. The molecule has 0 spiro atoms. The molecule has 26 heavy (non-hydrogen) atoms. The second-order valence-corrected chi connectivity index (χ2v) is 5.79. The SMILES string of the molecule is CCOc1cccc(-c2cncc(NCc3ccc4c(c3)OCO4)n2)c1. The van der Waals surface area contributed by atoms with Crippen molar-refractivity contribution >= 4 is 5.82 Å². The third-order valence-electron chi connectivity index (χ3n) is 3.99. The molecule has 0 amide bonds. The average Bonchev–Trinajstić information content (AvgIpc) is 3.15. The van der Waals surface area contributed by atoms with Crippen molar-refractivity contribution in [2.24, 2.45) is 0 Å². The summed E-state index contributed by atoms with van der Waals surface area (Å²) in [7, 11) is 0. The van der Waals surface area contributed by atoms with Gasteiger partial charge in [-0.1, -0.05) is 18.2 Å². The van der Waals surface area contributed by atoms with Crippen LogP contribution in [0.5, 0.6) is 17.2 Å². The minimum atomic E-state index is 0.278. The molecular formula is C20H19N3O3. The van der Waals surface area contributed by atoms with E-state index in [9.17, 15) is 0 Å². The van der Waals surface area contributed by atoms with Crippen LogP contribution in [0.2, 0.25) is 0 Å². The van der Waals surface area contributed by atoms with E-state index in [0.717, 1.165) is 34.1 Å². The maximum absolute atomic E-state index is 5.55. The molecule has 6 heteroatoms. The van der Waals surface area contributed by atoms with E-state index in [-0.39, 0.29) is 6.79 Å². The van der Waals surface area contributed by atoms with Crippen molar-refractivity contribution in [3.63, 3.8) is 0 Å². The van der Waals surface area contributed by atoms with Crippen molar-refractivity contribution in [1.82, 2.24) is 9.97 Å². The number of nitrogens with zero attached hydrogens (tertiary/aromatic N) is 2. The summed E-state index contributed by atoms with van der Waals surface area (Å²) in [5, 5.41) is 3.30. The van der Waals surface area contributed by atoms with Crippen molar-refractivity contribution in [3.8, 4) is 28.5 Å². The second-order valence-electron chi connectivity index (χ2n) is 5.79. The summed E-state index contributed by atoms with van der Waals surface area (Å²) in [5.41, 5.74) is 2.84. The first kappa shape index (κ1) is 16.2. The van der Waals surface area contributed by atoms with Crippen LogP contribution in [0, 0.1) is 0 Å². The van der Waals surface area contributed by atoms with Crippen LogP contribution < -0.4 is 19.5 Å². The van der Waals surface area contributed by atoms with E-state index < -0.39 is 0 Å². The maximum Gasteiger partial charge on any atom is 0.231 e. The number of rotatable bonds is 6. The number of hydrogen-bond donors (Lipinski definition) is 1. The highest BCUT2D eigenvalue weighted by atomic mass is 16.7. The molecule has 0 aliphatic carbocycles. The highest BCUT2D eigenvalue weighted by molar-refractivity contribution is 5.61. The number of hydrogen-bond acceptors (Lipinski definition) is 6. The van der Waals surface area contributed by atoms with Crippen LogP contribution in [0.15, 0.2) is 54.9 Å². The van der Waals surface area contributed by atoms with Gasteiger partial charge in [-0.3, -0.25) is 4.98 Å². The minimum absolute atomic E-state index is 0.278. The number of aromatic nitrogens is 2. The van der Waals surface area contributed by atoms with Crippen LogP contribution in [0.25, 0.3) is 11.3 Å². The average molecular weight is 349 g/mol. The Kier molecular flexibility index (Phi) is 4.55. The van der Waals surface area contributed by atoms with E-state index in [1.165, 1.54) is 0 Å². The van der Waals surface area contributed by atoms with Gasteiger partial charge in [-0.05, 0) is 36.8 Å². The predicted molar refractivity (Wildman–Crippen MR) is 98.5 cm³/mol. The van der Waals surface area contributed by atoms with E-state index in [0.29, 0.717) is 19.0 Å². The highest BCUT2D eigenvalue weighted by Gasteiger charge is 2.13. The van der Waals surface area contributed by atoms with Gasteiger partial charge in [-0.2, -0.15) is 0 Å². The Hall–Kier alpha value is -3.28. The second kappa shape index (κ2) is 7.31. The van der Waals surface area contributed by atoms with Gasteiger partial charge in [0.15, 0.2) is 11.5 Å². The first-order chi connectivity index (χ1) is 12.8. The lowest BCUT2D eigenvalue weighted by Gasteiger charge is -2.09. The molecule has 0 saturated heterocycles. The molecule has 1 N–H and O–H groups in total. The lowest BCUT2D eigenvalue weighted by molar-refractivity contribution is 0.174. The lowest BCUT2D eigenvalue weighted by atomic mass is 10.1. The summed E-state index contributed by atoms with van der Waals surface area (Å²) in [5.74, 6) is 3.09. The minimum Gasteiger partial charge on any atom is -0.494 e. The summed E-state index contributed by atoms with van der Waals surface area (Å²) in [4.78, 5) is 8.94. The Morgan fingerprint density at radius 2 is 2.00 bits per heavy atom. The van der Waals surface area contributed by atoms with Crippen LogP contribution in [-0.4, -0.2) is 23.4 Å². The molecule has 0 saturated carbocycles. The smallest absolute Gasteiger partial charge is 0.231 e. The summed E-state index contributed by atoms with van der Waals surface area (Å²) < 4.78 is 16.3. The topological polar surface area (TPSA) is 65.5 Å². The van der Waals surface area contributed by atoms with E-state index in [1.54, 1.807) is 12.4 Å². The van der Waals surface area contributed by atoms with Gasteiger partial charge in [0, 0.05) is 12.1 Å². The highest BCUT2D eigenvalue weighted by Crippen LogP contribution is 2.32. The van der Waals surface area contributed by atoms with Gasteiger partial charge in [0.1, 0.15) is 11.6 Å². The molecule has 1 aliphatic rings. The molecule has 3 aromatic rings. The van der Waals surface area contributed by atoms with E-state index in [1.807, 2.05) is 49.4 Å². The normalized spacial score (nSPS) is 12.0. The summed E-state index contributed by atoms with van der Waals surface area (Å²) in [6.07, 6.45) is 3.46. The van der Waals surface area contributed by atoms with Crippen LogP contribution in [0.3, 0.4) is 0 Å². The first-order valence-corrected chi connectivity index (χ1v) is 8.49. The quantitative estimate of drug-likeness (QED) is 0.728. The van der Waals surface area contributed by atoms with Crippen LogP contribution in [-0.2, 0) is 6.54 Å². The molecule has 0 fully saturated rings. The molecule has 2 heterocycles. The molecule has 6 nitrogen and oxygen atoms in total. The van der Waals surface area contributed by atoms with Gasteiger partial charge in [-0.25, -0.2) is 4.98 Å². The molecule has 0 radical (unpaired) electrons. The van der Waals surface area contributed by atoms with Gasteiger partial charge < -0.3 is 19.5 Å². The van der Waals surface area contributed by atoms with Crippen molar-refractivity contribution in [3.05, 3.63) is 60.4 Å². The van der Waals surface area contributed by atoms with Gasteiger partial charge in [0.05, 0.1) is 24.7 Å². The molecule has 1 aliphatic heterocycles. The standard InChI is InChI=1S/C20H19N3O3/c1-2-24-16-5-3-4-15(9-16)17-11-21-12-20(23-17)22-10-14-6-7-18-19(8-14)26-13-25-18/h3-9,11-12H,2,10,13H2,1H3,(H,22,23). The lowest BCUT2D eigenvalue weighted by Crippen LogP contribution is -2.02. The van der Waals surface area contributed by atoms with E-state index >= 15 is 0 Å². The molecular weight excluding hydrogens is 330 g/mol. The fourth-order valence-corrected chi connectivity index (χ4v) is 2.75. The first-order valence-electron chi connectivity index (χ1n) is 8.49. The predicted octanol–water partition coefficient (Wildman–Crippen LogP) is 3.88. The monoisotopic (exact) mass is 349 g/mol. The zero-order chi connectivity index (χ0) is 17.8. The Bertz CT molecular complexity index is 914. The summed E-state index contributed by atoms with van der Waals surface area (Å²) in [6, 6.07) is 13.7. The molecule has 4 rings (SSSR count). The third-order valence-corrected chi connectivity index (χ3v) is 3.99. The number of anilines is 1. The van der Waals surface area contributed by atoms with Gasteiger partial charge >= 0.3 is 0 Å².